The van der Waals surface area contributed by atoms with E-state index in [2.05, 4.69) is 10.4 Å². The van der Waals surface area contributed by atoms with Gasteiger partial charge in [0.05, 0.1) is 17.1 Å². The number of nitrogens with zero attached hydrogens (tertiary/aromatic N) is 3. The molecular weight excluding hydrogens is 447 g/mol. The monoisotopic (exact) mass is 468 g/mol. The fourth-order valence-electron chi connectivity index (χ4n) is 3.12. The van der Waals surface area contributed by atoms with Crippen molar-refractivity contribution in [3.05, 3.63) is 76.5 Å². The second kappa shape index (κ2) is 9.13. The number of aromatic nitrogens is 2. The molecule has 32 heavy (non-hydrogen) atoms. The molecule has 0 aliphatic rings. The molecule has 6 nitrogen and oxygen atoms in total. The molecular formula is C23H21FN4O2S2. The summed E-state index contributed by atoms with van der Waals surface area (Å²) in [5, 5.41) is 8.31. The van der Waals surface area contributed by atoms with Crippen molar-refractivity contribution in [3.8, 4) is 0 Å². The van der Waals surface area contributed by atoms with E-state index in [-0.39, 0.29) is 17.0 Å². The second-order valence-corrected chi connectivity index (χ2v) is 9.50. The molecule has 4 rings (SSSR count). The van der Waals surface area contributed by atoms with Crippen molar-refractivity contribution < 1.29 is 14.0 Å². The van der Waals surface area contributed by atoms with E-state index in [4.69, 9.17) is 0 Å². The molecule has 0 unspecified atom stereocenters. The van der Waals surface area contributed by atoms with Gasteiger partial charge in [0.15, 0.2) is 0 Å². The van der Waals surface area contributed by atoms with Crippen LogP contribution in [0.5, 0.6) is 0 Å². The van der Waals surface area contributed by atoms with Gasteiger partial charge in [-0.2, -0.15) is 5.10 Å². The lowest BCUT2D eigenvalue weighted by Crippen LogP contribution is -2.16. The van der Waals surface area contributed by atoms with Crippen LogP contribution in [0.2, 0.25) is 0 Å². The highest BCUT2D eigenvalue weighted by molar-refractivity contribution is 8.13. The van der Waals surface area contributed by atoms with Crippen LogP contribution in [-0.2, 0) is 6.54 Å². The van der Waals surface area contributed by atoms with Crippen LogP contribution in [0.4, 0.5) is 14.9 Å². The zero-order valence-corrected chi connectivity index (χ0v) is 19.4. The van der Waals surface area contributed by atoms with E-state index in [1.165, 1.54) is 28.4 Å². The van der Waals surface area contributed by atoms with Crippen LogP contribution >= 0.6 is 23.1 Å². The zero-order chi connectivity index (χ0) is 22.8. The number of halogens is 1. The Hall–Kier alpha value is -3.17. The van der Waals surface area contributed by atoms with Crippen molar-refractivity contribution in [3.63, 3.8) is 0 Å². The summed E-state index contributed by atoms with van der Waals surface area (Å²) in [5.41, 5.74) is 2.38. The average Bonchev–Trinajstić information content (AvgIpc) is 3.31. The Kier molecular flexibility index (Phi) is 6.29. The van der Waals surface area contributed by atoms with Crippen molar-refractivity contribution in [2.75, 3.05) is 19.4 Å². The average molecular weight is 469 g/mol. The lowest BCUT2D eigenvalue weighted by atomic mass is 10.2. The highest BCUT2D eigenvalue weighted by Gasteiger charge is 2.17. The molecule has 2 aromatic heterocycles. The third-order valence-corrected chi connectivity index (χ3v) is 6.92. The summed E-state index contributed by atoms with van der Waals surface area (Å²) in [5.74, 6) is -0.501. The van der Waals surface area contributed by atoms with Crippen molar-refractivity contribution in [1.82, 2.24) is 14.7 Å². The molecule has 0 saturated heterocycles. The summed E-state index contributed by atoms with van der Waals surface area (Å²) in [4.78, 5) is 28.5. The van der Waals surface area contributed by atoms with Crippen molar-refractivity contribution in [1.29, 1.82) is 0 Å². The largest absolute Gasteiger partial charge is 0.339 e. The number of hydrogen-bond donors (Lipinski definition) is 1. The number of thioether (sulfide) groups is 1. The lowest BCUT2D eigenvalue weighted by molar-refractivity contribution is 0.103. The Morgan fingerprint density at radius 2 is 1.91 bits per heavy atom. The minimum atomic E-state index is -0.279. The van der Waals surface area contributed by atoms with Gasteiger partial charge in [0.1, 0.15) is 10.6 Å². The van der Waals surface area contributed by atoms with E-state index in [0.717, 1.165) is 38.1 Å². The fraction of sp³-hybridized carbons (Fsp3) is 0.174. The molecule has 164 valence electrons. The maximum Gasteiger partial charge on any atom is 0.285 e. The first-order valence-corrected chi connectivity index (χ1v) is 11.5. The topological polar surface area (TPSA) is 67.2 Å². The molecule has 1 N–H and O–H groups in total. The van der Waals surface area contributed by atoms with Crippen LogP contribution < -0.4 is 5.32 Å². The summed E-state index contributed by atoms with van der Waals surface area (Å²) in [6.07, 6.45) is 0. The Morgan fingerprint density at radius 3 is 2.62 bits per heavy atom. The maximum absolute atomic E-state index is 13.2. The van der Waals surface area contributed by atoms with Crippen LogP contribution in [0.3, 0.4) is 0 Å². The van der Waals surface area contributed by atoms with Gasteiger partial charge in [0, 0.05) is 30.1 Å². The molecule has 0 aliphatic heterocycles. The lowest BCUT2D eigenvalue weighted by Gasteiger charge is -2.10. The van der Waals surface area contributed by atoms with Crippen molar-refractivity contribution in [2.45, 2.75) is 18.4 Å². The summed E-state index contributed by atoms with van der Waals surface area (Å²) in [6, 6.07) is 15.3. The second-order valence-electron chi connectivity index (χ2n) is 7.44. The highest BCUT2D eigenvalue weighted by Crippen LogP contribution is 2.30. The number of benzene rings is 2. The van der Waals surface area contributed by atoms with Gasteiger partial charge < -0.3 is 10.2 Å². The van der Waals surface area contributed by atoms with E-state index < -0.39 is 0 Å². The van der Waals surface area contributed by atoms with Crippen molar-refractivity contribution >= 4 is 50.1 Å². The van der Waals surface area contributed by atoms with Crippen LogP contribution in [0, 0.1) is 12.7 Å². The maximum atomic E-state index is 13.2. The SMILES string of the molecule is Cc1nn(Cc2ccc(F)cc2)c2sc(C(=O)Nc3cccc(SC(=O)N(C)C)c3)cc12. The number of rotatable bonds is 5. The number of amides is 2. The molecule has 2 aromatic carbocycles. The highest BCUT2D eigenvalue weighted by atomic mass is 32.2. The molecule has 0 atom stereocenters. The molecule has 9 heteroatoms. The minimum Gasteiger partial charge on any atom is -0.339 e. The molecule has 0 bridgehead atoms. The quantitative estimate of drug-likeness (QED) is 0.386. The van der Waals surface area contributed by atoms with Gasteiger partial charge in [0.2, 0.25) is 0 Å². The molecule has 2 heterocycles. The number of aryl methyl sites for hydroxylation is 1. The van der Waals surface area contributed by atoms with Gasteiger partial charge in [-0.05, 0) is 60.6 Å². The van der Waals surface area contributed by atoms with Gasteiger partial charge >= 0.3 is 0 Å². The number of fused-ring (bicyclic) bond motifs is 1. The summed E-state index contributed by atoms with van der Waals surface area (Å²) in [7, 11) is 3.39. The third kappa shape index (κ3) is 4.84. The predicted molar refractivity (Wildman–Crippen MR) is 127 cm³/mol. The number of carbonyl (C=O) groups excluding carboxylic acids is 2. The van der Waals surface area contributed by atoms with Crippen LogP contribution in [0.15, 0.2) is 59.5 Å². The number of carbonyl (C=O) groups is 2. The third-order valence-electron chi connectivity index (χ3n) is 4.74. The minimum absolute atomic E-state index is 0.0841. The van der Waals surface area contributed by atoms with Gasteiger partial charge in [-0.3, -0.25) is 14.3 Å². The van der Waals surface area contributed by atoms with Gasteiger partial charge in [0.25, 0.3) is 11.1 Å². The first-order chi connectivity index (χ1) is 15.3. The molecule has 0 fully saturated rings. The number of thiophene rings is 1. The van der Waals surface area contributed by atoms with E-state index in [0.29, 0.717) is 17.1 Å². The van der Waals surface area contributed by atoms with Gasteiger partial charge in [-0.1, -0.05) is 18.2 Å². The summed E-state index contributed by atoms with van der Waals surface area (Å²) >= 11 is 2.46. The Balaban J connectivity index is 1.53. The Labute approximate surface area is 193 Å². The van der Waals surface area contributed by atoms with Crippen LogP contribution in [-0.4, -0.2) is 39.9 Å². The number of hydrogen-bond acceptors (Lipinski definition) is 5. The molecule has 4 aromatic rings. The first-order valence-electron chi connectivity index (χ1n) is 9.82. The molecule has 0 radical (unpaired) electrons. The summed E-state index contributed by atoms with van der Waals surface area (Å²) in [6.45, 7) is 2.39. The van der Waals surface area contributed by atoms with Gasteiger partial charge in [-0.25, -0.2) is 4.39 Å². The number of nitrogens with one attached hydrogen (secondary N) is 1. The standard InChI is InChI=1S/C23H21FN4O2S2/c1-14-19-12-20(32-22(19)28(26-14)13-15-7-9-16(24)10-8-15)21(29)25-17-5-4-6-18(11-17)31-23(30)27(2)3/h4-12H,13H2,1-3H3,(H,25,29). The van der Waals surface area contributed by atoms with E-state index in [1.807, 2.05) is 23.7 Å². The smallest absolute Gasteiger partial charge is 0.285 e. The van der Waals surface area contributed by atoms with E-state index in [1.54, 1.807) is 44.4 Å². The summed E-state index contributed by atoms with van der Waals surface area (Å²) < 4.78 is 15.0. The number of anilines is 1. The fourth-order valence-corrected chi connectivity index (χ4v) is 4.89. The molecule has 0 saturated carbocycles. The first kappa shape index (κ1) is 22.0. The Morgan fingerprint density at radius 1 is 1.16 bits per heavy atom. The van der Waals surface area contributed by atoms with E-state index in [9.17, 15) is 14.0 Å². The normalized spacial score (nSPS) is 11.0. The molecule has 0 spiro atoms. The van der Waals surface area contributed by atoms with Gasteiger partial charge in [-0.15, -0.1) is 11.3 Å². The zero-order valence-electron chi connectivity index (χ0n) is 17.8. The van der Waals surface area contributed by atoms with Crippen LogP contribution in [0.1, 0.15) is 20.9 Å². The molecule has 0 aliphatic carbocycles. The Bertz CT molecular complexity index is 1300. The van der Waals surface area contributed by atoms with Crippen molar-refractivity contribution in [2.24, 2.45) is 0 Å². The molecule has 2 amide bonds. The van der Waals surface area contributed by atoms with E-state index >= 15 is 0 Å². The predicted octanol–water partition coefficient (Wildman–Crippen LogP) is 5.62. The van der Waals surface area contributed by atoms with Crippen LogP contribution in [0.25, 0.3) is 10.2 Å².